The van der Waals surface area contributed by atoms with Gasteiger partial charge in [0.25, 0.3) is 0 Å². The Morgan fingerprint density at radius 1 is 1.00 bits per heavy atom. The molecule has 1 atom stereocenters. The van der Waals surface area contributed by atoms with Gasteiger partial charge in [-0.2, -0.15) is 0 Å². The second-order valence-electron chi connectivity index (χ2n) is 6.24. The first-order valence-corrected chi connectivity index (χ1v) is 8.18. The molecule has 3 heterocycles. The quantitative estimate of drug-likeness (QED) is 0.558. The SMILES string of the molecule is c1cnc2c([C@H]3[NH2+]CCc4c3[nH]c3ccccc43)cccc2c1. The number of aromatic amines is 1. The Morgan fingerprint density at radius 3 is 2.91 bits per heavy atom. The number of hydrogen-bond donors (Lipinski definition) is 2. The first kappa shape index (κ1) is 12.9. The predicted octanol–water partition coefficient (Wildman–Crippen LogP) is 2.93. The minimum Gasteiger partial charge on any atom is -0.353 e. The highest BCUT2D eigenvalue weighted by molar-refractivity contribution is 5.86. The van der Waals surface area contributed by atoms with Crippen molar-refractivity contribution in [1.29, 1.82) is 0 Å². The number of H-pyrrole nitrogens is 1. The summed E-state index contributed by atoms with van der Waals surface area (Å²) in [6.07, 6.45) is 3.01. The summed E-state index contributed by atoms with van der Waals surface area (Å²) < 4.78 is 0. The Bertz CT molecular complexity index is 1010. The third-order valence-electron chi connectivity index (χ3n) is 4.95. The number of nitrogens with zero attached hydrogens (tertiary/aromatic N) is 1. The van der Waals surface area contributed by atoms with Crippen molar-refractivity contribution in [3.8, 4) is 0 Å². The lowest BCUT2D eigenvalue weighted by molar-refractivity contribution is -0.690. The summed E-state index contributed by atoms with van der Waals surface area (Å²) in [5.41, 5.74) is 6.47. The number of quaternary nitrogens is 1. The highest BCUT2D eigenvalue weighted by Crippen LogP contribution is 2.32. The number of nitrogens with one attached hydrogen (secondary N) is 1. The van der Waals surface area contributed by atoms with E-state index in [-0.39, 0.29) is 0 Å². The Morgan fingerprint density at radius 2 is 1.91 bits per heavy atom. The van der Waals surface area contributed by atoms with Crippen molar-refractivity contribution in [2.45, 2.75) is 12.5 Å². The zero-order chi connectivity index (χ0) is 15.2. The normalized spacial score (nSPS) is 17.5. The maximum absolute atomic E-state index is 4.65. The molecule has 0 spiro atoms. The number of aromatic nitrogens is 2. The molecule has 0 amide bonds. The van der Waals surface area contributed by atoms with Gasteiger partial charge in [-0.05, 0) is 17.7 Å². The van der Waals surface area contributed by atoms with E-state index < -0.39 is 0 Å². The van der Waals surface area contributed by atoms with Crippen LogP contribution in [-0.2, 0) is 6.42 Å². The molecule has 3 N–H and O–H groups in total. The Hall–Kier alpha value is -2.65. The maximum atomic E-state index is 4.65. The van der Waals surface area contributed by atoms with Crippen LogP contribution in [0.4, 0.5) is 0 Å². The smallest absolute Gasteiger partial charge is 0.155 e. The summed E-state index contributed by atoms with van der Waals surface area (Å²) in [6, 6.07) is 19.6. The first-order valence-electron chi connectivity index (χ1n) is 8.18. The van der Waals surface area contributed by atoms with Gasteiger partial charge in [0.05, 0.1) is 17.8 Å². The summed E-state index contributed by atoms with van der Waals surface area (Å²) in [5, 5.41) is 5.01. The molecule has 3 heteroatoms. The van der Waals surface area contributed by atoms with Crippen LogP contribution in [0.1, 0.15) is 22.9 Å². The van der Waals surface area contributed by atoms with E-state index in [9.17, 15) is 0 Å². The standard InChI is InChI=1S/C20H17N3/c1-2-9-17-14(7-1)15-10-12-22-19(20(15)23-17)16-8-3-5-13-6-4-11-21-18(13)16/h1-9,11,19,22-23H,10,12H2/p+1/t19-/m1/s1. The van der Waals surface area contributed by atoms with Crippen LogP contribution < -0.4 is 5.32 Å². The molecular weight excluding hydrogens is 282 g/mol. The average Bonchev–Trinajstić information content (AvgIpc) is 3.00. The number of pyridine rings is 1. The van der Waals surface area contributed by atoms with Gasteiger partial charge in [-0.25, -0.2) is 0 Å². The van der Waals surface area contributed by atoms with Crippen molar-refractivity contribution in [2.24, 2.45) is 0 Å². The fourth-order valence-corrected chi connectivity index (χ4v) is 3.93. The van der Waals surface area contributed by atoms with Gasteiger partial charge in [0.2, 0.25) is 0 Å². The molecule has 3 nitrogen and oxygen atoms in total. The first-order chi connectivity index (χ1) is 11.4. The predicted molar refractivity (Wildman–Crippen MR) is 92.4 cm³/mol. The maximum Gasteiger partial charge on any atom is 0.155 e. The highest BCUT2D eigenvalue weighted by atomic mass is 15.0. The Labute approximate surface area is 134 Å². The third kappa shape index (κ3) is 1.90. The Balaban J connectivity index is 1.76. The van der Waals surface area contributed by atoms with Crippen molar-refractivity contribution in [3.63, 3.8) is 0 Å². The summed E-state index contributed by atoms with van der Waals surface area (Å²) in [6.45, 7) is 1.11. The minimum absolute atomic E-state index is 0.296. The van der Waals surface area contributed by atoms with Crippen LogP contribution in [0.3, 0.4) is 0 Å². The lowest BCUT2D eigenvalue weighted by Crippen LogP contribution is -2.87. The highest BCUT2D eigenvalue weighted by Gasteiger charge is 2.29. The molecule has 23 heavy (non-hydrogen) atoms. The molecule has 0 aliphatic carbocycles. The number of rotatable bonds is 1. The number of nitrogens with two attached hydrogens (primary N) is 1. The van der Waals surface area contributed by atoms with Gasteiger partial charge in [-0.15, -0.1) is 0 Å². The zero-order valence-corrected chi connectivity index (χ0v) is 12.8. The largest absolute Gasteiger partial charge is 0.353 e. The number of hydrogen-bond acceptors (Lipinski definition) is 1. The van der Waals surface area contributed by atoms with Crippen molar-refractivity contribution < 1.29 is 5.32 Å². The Kier molecular flexibility index (Phi) is 2.76. The molecule has 0 saturated carbocycles. The molecule has 112 valence electrons. The number of para-hydroxylation sites is 2. The molecule has 0 radical (unpaired) electrons. The summed E-state index contributed by atoms with van der Waals surface area (Å²) in [7, 11) is 0. The van der Waals surface area contributed by atoms with E-state index in [0.29, 0.717) is 6.04 Å². The van der Waals surface area contributed by atoms with Crippen LogP contribution in [0, 0.1) is 0 Å². The molecule has 0 fully saturated rings. The average molecular weight is 300 g/mol. The van der Waals surface area contributed by atoms with Gasteiger partial charge in [-0.1, -0.05) is 42.5 Å². The molecule has 2 aromatic carbocycles. The van der Waals surface area contributed by atoms with E-state index in [1.807, 2.05) is 12.3 Å². The minimum atomic E-state index is 0.296. The molecule has 0 bridgehead atoms. The van der Waals surface area contributed by atoms with Crippen LogP contribution in [0.25, 0.3) is 21.8 Å². The van der Waals surface area contributed by atoms with Gasteiger partial charge in [0, 0.05) is 34.5 Å². The van der Waals surface area contributed by atoms with E-state index >= 15 is 0 Å². The lowest BCUT2D eigenvalue weighted by atomic mass is 9.93. The van der Waals surface area contributed by atoms with Crippen LogP contribution >= 0.6 is 0 Å². The summed E-state index contributed by atoms with van der Waals surface area (Å²) >= 11 is 0. The number of benzene rings is 2. The third-order valence-corrected chi connectivity index (χ3v) is 4.95. The summed E-state index contributed by atoms with van der Waals surface area (Å²) in [5.74, 6) is 0. The van der Waals surface area contributed by atoms with Crippen LogP contribution in [0.2, 0.25) is 0 Å². The zero-order valence-electron chi connectivity index (χ0n) is 12.8. The fraction of sp³-hybridized carbons (Fsp3) is 0.150. The van der Waals surface area contributed by atoms with Gasteiger partial charge in [-0.3, -0.25) is 4.98 Å². The van der Waals surface area contributed by atoms with Gasteiger partial charge in [0.15, 0.2) is 6.04 Å². The van der Waals surface area contributed by atoms with E-state index in [4.69, 9.17) is 0 Å². The molecule has 4 aromatic rings. The summed E-state index contributed by atoms with van der Waals surface area (Å²) in [4.78, 5) is 8.32. The van der Waals surface area contributed by atoms with Crippen molar-refractivity contribution in [3.05, 3.63) is 77.6 Å². The van der Waals surface area contributed by atoms with Gasteiger partial charge < -0.3 is 10.3 Å². The second kappa shape index (κ2) is 4.93. The van der Waals surface area contributed by atoms with Gasteiger partial charge >= 0.3 is 0 Å². The van der Waals surface area contributed by atoms with Crippen molar-refractivity contribution in [1.82, 2.24) is 9.97 Å². The van der Waals surface area contributed by atoms with E-state index in [1.54, 1.807) is 0 Å². The second-order valence-corrected chi connectivity index (χ2v) is 6.24. The lowest BCUT2D eigenvalue weighted by Gasteiger charge is -2.22. The van der Waals surface area contributed by atoms with E-state index in [1.165, 1.54) is 33.1 Å². The van der Waals surface area contributed by atoms with E-state index in [2.05, 4.69) is 63.8 Å². The monoisotopic (exact) mass is 300 g/mol. The van der Waals surface area contributed by atoms with Gasteiger partial charge in [0.1, 0.15) is 0 Å². The van der Waals surface area contributed by atoms with Crippen LogP contribution in [-0.4, -0.2) is 16.5 Å². The van der Waals surface area contributed by atoms with Crippen LogP contribution in [0.15, 0.2) is 60.8 Å². The molecule has 0 saturated heterocycles. The van der Waals surface area contributed by atoms with Crippen molar-refractivity contribution >= 4 is 21.8 Å². The molecule has 1 aliphatic heterocycles. The molecule has 2 aromatic heterocycles. The number of fused-ring (bicyclic) bond motifs is 4. The fourth-order valence-electron chi connectivity index (χ4n) is 3.93. The van der Waals surface area contributed by atoms with E-state index in [0.717, 1.165) is 18.5 Å². The topological polar surface area (TPSA) is 45.3 Å². The molecular formula is C20H18N3+. The molecule has 5 rings (SSSR count). The molecule has 0 unspecified atom stereocenters. The van der Waals surface area contributed by atoms with Crippen molar-refractivity contribution in [2.75, 3.05) is 6.54 Å². The van der Waals surface area contributed by atoms with Crippen LogP contribution in [0.5, 0.6) is 0 Å². The molecule has 1 aliphatic rings.